The van der Waals surface area contributed by atoms with E-state index in [0.29, 0.717) is 48.6 Å². The Morgan fingerprint density at radius 1 is 1.38 bits per heavy atom. The Morgan fingerprint density at radius 2 is 2.18 bits per heavy atom. The summed E-state index contributed by atoms with van der Waals surface area (Å²) in [4.78, 5) is 28.4. The highest BCUT2D eigenvalue weighted by Crippen LogP contribution is 2.60. The van der Waals surface area contributed by atoms with Crippen LogP contribution in [0.4, 0.5) is 15.5 Å². The number of likely N-dealkylation sites (N-methyl/N-ethyl adjacent to an activating group) is 1. The molecule has 0 aliphatic carbocycles. The second-order valence-electron chi connectivity index (χ2n) is 11.6. The number of rotatable bonds is 8. The summed E-state index contributed by atoms with van der Waals surface area (Å²) in [5.74, 6) is -0.759. The summed E-state index contributed by atoms with van der Waals surface area (Å²) in [6.45, 7) is 7.29. The van der Waals surface area contributed by atoms with Crippen LogP contribution in [0.25, 0.3) is 0 Å². The van der Waals surface area contributed by atoms with Crippen LogP contribution in [0.15, 0.2) is 24.4 Å². The molecule has 3 aliphatic rings. The minimum absolute atomic E-state index is 0.0107. The van der Waals surface area contributed by atoms with Gasteiger partial charge in [-0.2, -0.15) is 0 Å². The summed E-state index contributed by atoms with van der Waals surface area (Å²) < 4.78 is 24.3. The first kappa shape index (κ1) is 27.9. The van der Waals surface area contributed by atoms with Crippen LogP contribution in [-0.4, -0.2) is 73.2 Å². The van der Waals surface area contributed by atoms with Crippen molar-refractivity contribution < 1.29 is 23.5 Å². The van der Waals surface area contributed by atoms with Gasteiger partial charge in [-0.15, -0.1) is 5.10 Å². The normalized spacial score (nSPS) is 28.8. The SMILES string of the molecule is C[C@@H]1[C@@H]([Si](C)(C)F)[C@H](CCn2cc(CCO)nn2)O[C@@]12C(=O)N(C)c1ccc(NC(=O)C3CCCNC3)cc12. The molecule has 5 rings (SSSR count). The summed E-state index contributed by atoms with van der Waals surface area (Å²) >= 11 is 0. The van der Waals surface area contributed by atoms with E-state index >= 15 is 4.11 Å². The van der Waals surface area contributed by atoms with Gasteiger partial charge in [0.05, 0.1) is 23.4 Å². The average Bonchev–Trinajstić information content (AvgIpc) is 3.54. The van der Waals surface area contributed by atoms with Crippen LogP contribution in [-0.2, 0) is 32.9 Å². The highest BCUT2D eigenvalue weighted by Gasteiger charge is 2.66. The van der Waals surface area contributed by atoms with Gasteiger partial charge in [0.1, 0.15) is 0 Å². The molecule has 2 aromatic rings. The maximum atomic E-state index is 15.9. The van der Waals surface area contributed by atoms with Gasteiger partial charge in [-0.25, -0.2) is 0 Å². The van der Waals surface area contributed by atoms with E-state index in [9.17, 15) is 9.59 Å². The van der Waals surface area contributed by atoms with Gasteiger partial charge < -0.3 is 29.5 Å². The van der Waals surface area contributed by atoms with Gasteiger partial charge >= 0.3 is 0 Å². The molecule has 4 heterocycles. The lowest BCUT2D eigenvalue weighted by molar-refractivity contribution is -0.145. The highest BCUT2D eigenvalue weighted by atomic mass is 28.4. The molecule has 1 aromatic heterocycles. The lowest BCUT2D eigenvalue weighted by atomic mass is 9.82. The number of fused-ring (bicyclic) bond motifs is 2. The molecule has 3 N–H and O–H groups in total. The molecule has 39 heavy (non-hydrogen) atoms. The van der Waals surface area contributed by atoms with Crippen LogP contribution in [0.2, 0.25) is 18.6 Å². The van der Waals surface area contributed by atoms with Crippen molar-refractivity contribution in [2.75, 3.05) is 37.0 Å². The Labute approximate surface area is 229 Å². The molecule has 0 radical (unpaired) electrons. The fourth-order valence-corrected chi connectivity index (χ4v) is 9.30. The lowest BCUT2D eigenvalue weighted by Gasteiger charge is -2.31. The van der Waals surface area contributed by atoms with E-state index in [-0.39, 0.29) is 24.3 Å². The number of anilines is 2. The molecule has 3 aliphatic heterocycles. The Kier molecular flexibility index (Phi) is 7.66. The third-order valence-corrected chi connectivity index (χ3v) is 11.1. The molecule has 10 nitrogen and oxygen atoms in total. The smallest absolute Gasteiger partial charge is 0.264 e. The molecular formula is C27H39FN6O4Si. The number of piperidine rings is 1. The largest absolute Gasteiger partial charge is 0.396 e. The number of amides is 2. The lowest BCUT2D eigenvalue weighted by Crippen LogP contribution is -2.44. The Balaban J connectivity index is 1.44. The predicted octanol–water partition coefficient (Wildman–Crippen LogP) is 2.59. The number of ether oxygens (including phenoxy) is 1. The fraction of sp³-hybridized carbons (Fsp3) is 0.630. The minimum atomic E-state index is -3.28. The van der Waals surface area contributed by atoms with Gasteiger partial charge in [-0.05, 0) is 57.1 Å². The molecule has 2 saturated heterocycles. The first-order valence-corrected chi connectivity index (χ1v) is 16.8. The zero-order chi connectivity index (χ0) is 27.9. The van der Waals surface area contributed by atoms with Gasteiger partial charge in [0.25, 0.3) is 5.91 Å². The first-order valence-electron chi connectivity index (χ1n) is 13.9. The van der Waals surface area contributed by atoms with E-state index in [1.165, 1.54) is 0 Å². The summed E-state index contributed by atoms with van der Waals surface area (Å²) in [5.41, 5.74) is 0.941. The van der Waals surface area contributed by atoms with Gasteiger partial charge in [0, 0.05) is 62.1 Å². The molecule has 2 fully saturated rings. The van der Waals surface area contributed by atoms with Gasteiger partial charge in [-0.3, -0.25) is 14.3 Å². The Hall–Kier alpha value is -2.67. The van der Waals surface area contributed by atoms with Crippen molar-refractivity contribution in [2.24, 2.45) is 11.8 Å². The number of hydrogen-bond acceptors (Lipinski definition) is 7. The molecule has 1 spiro atoms. The van der Waals surface area contributed by atoms with Crippen molar-refractivity contribution in [1.29, 1.82) is 0 Å². The van der Waals surface area contributed by atoms with Crippen molar-refractivity contribution in [1.82, 2.24) is 20.3 Å². The van der Waals surface area contributed by atoms with Gasteiger partial charge in [-0.1, -0.05) is 12.1 Å². The van der Waals surface area contributed by atoms with E-state index in [1.807, 2.05) is 25.1 Å². The summed E-state index contributed by atoms with van der Waals surface area (Å²) in [5, 5.41) is 23.7. The van der Waals surface area contributed by atoms with Gasteiger partial charge in [0.15, 0.2) is 5.60 Å². The van der Waals surface area contributed by atoms with Crippen LogP contribution in [0.3, 0.4) is 0 Å². The number of aryl methyl sites for hydroxylation is 1. The minimum Gasteiger partial charge on any atom is -0.396 e. The van der Waals surface area contributed by atoms with E-state index in [0.717, 1.165) is 19.4 Å². The Bertz CT molecular complexity index is 1230. The van der Waals surface area contributed by atoms with Crippen molar-refractivity contribution in [3.8, 4) is 0 Å². The molecule has 212 valence electrons. The van der Waals surface area contributed by atoms with Crippen molar-refractivity contribution in [3.63, 3.8) is 0 Å². The number of aliphatic hydroxyl groups is 1. The van der Waals surface area contributed by atoms with Crippen LogP contribution < -0.4 is 15.5 Å². The number of carbonyl (C=O) groups is 2. The maximum absolute atomic E-state index is 15.9. The number of nitrogens with zero attached hydrogens (tertiary/aromatic N) is 4. The Morgan fingerprint density at radius 3 is 2.87 bits per heavy atom. The molecule has 1 unspecified atom stereocenters. The molecule has 0 saturated carbocycles. The van der Waals surface area contributed by atoms with E-state index < -0.39 is 31.6 Å². The first-order chi connectivity index (χ1) is 18.6. The molecule has 1 aromatic carbocycles. The fourth-order valence-electron chi connectivity index (χ4n) is 6.76. The third kappa shape index (κ3) is 5.03. The van der Waals surface area contributed by atoms with Crippen molar-refractivity contribution in [3.05, 3.63) is 35.7 Å². The number of nitrogens with one attached hydrogen (secondary N) is 2. The van der Waals surface area contributed by atoms with Crippen LogP contribution in [0.1, 0.15) is 37.4 Å². The molecule has 12 heteroatoms. The number of benzene rings is 1. The number of halogens is 1. The third-order valence-electron chi connectivity index (χ3n) is 8.62. The van der Waals surface area contributed by atoms with Crippen LogP contribution in [0.5, 0.6) is 0 Å². The number of aromatic nitrogens is 3. The zero-order valence-corrected chi connectivity index (χ0v) is 24.1. The highest BCUT2D eigenvalue weighted by molar-refractivity contribution is 6.72. The van der Waals surface area contributed by atoms with Crippen LogP contribution in [0, 0.1) is 11.8 Å². The topological polar surface area (TPSA) is 122 Å². The quantitative estimate of drug-likeness (QED) is 0.336. The monoisotopic (exact) mass is 558 g/mol. The second-order valence-corrected chi connectivity index (χ2v) is 15.4. The standard InChI is InChI=1S/C27H39FN6O4Si/c1-17-24(39(3,4)28)23(9-12-34-16-20(10-13-35)31-32-34)38-27(17)21-14-19(7-8-22(21)33(2)26(27)37)30-25(36)18-6-5-11-29-15-18/h7-8,14,16-18,23-24,29,35H,5-6,9-13,15H2,1-4H3,(H,30,36)/t17-,18?,23+,24-,27+/m1/s1. The van der Waals surface area contributed by atoms with Crippen LogP contribution >= 0.6 is 0 Å². The molecule has 5 atom stereocenters. The summed E-state index contributed by atoms with van der Waals surface area (Å²) in [7, 11) is -1.56. The molecule has 2 amide bonds. The van der Waals surface area contributed by atoms with E-state index in [4.69, 9.17) is 9.84 Å². The number of hydrogen-bond donors (Lipinski definition) is 3. The van der Waals surface area contributed by atoms with E-state index in [1.54, 1.807) is 35.9 Å². The van der Waals surface area contributed by atoms with Crippen molar-refractivity contribution in [2.45, 2.75) is 69.5 Å². The van der Waals surface area contributed by atoms with Crippen molar-refractivity contribution >= 4 is 31.6 Å². The number of carbonyl (C=O) groups excluding carboxylic acids is 2. The predicted molar refractivity (Wildman–Crippen MR) is 148 cm³/mol. The second kappa shape index (κ2) is 10.7. The average molecular weight is 559 g/mol. The number of aliphatic hydroxyl groups excluding tert-OH is 1. The zero-order valence-electron chi connectivity index (χ0n) is 23.1. The van der Waals surface area contributed by atoms with Gasteiger partial charge in [0.2, 0.25) is 14.3 Å². The molecule has 0 bridgehead atoms. The molecular weight excluding hydrogens is 519 g/mol. The summed E-state index contributed by atoms with van der Waals surface area (Å²) in [6, 6.07) is 5.49. The summed E-state index contributed by atoms with van der Waals surface area (Å²) in [6.07, 6.45) is 3.96. The maximum Gasteiger partial charge on any atom is 0.264 e. The van der Waals surface area contributed by atoms with E-state index in [2.05, 4.69) is 20.9 Å².